The van der Waals surface area contributed by atoms with Crippen molar-refractivity contribution in [2.24, 2.45) is 0 Å². The van der Waals surface area contributed by atoms with Crippen molar-refractivity contribution in [2.45, 2.75) is 20.3 Å². The summed E-state index contributed by atoms with van der Waals surface area (Å²) in [5, 5.41) is 0.0324. The molecule has 0 fully saturated rings. The van der Waals surface area contributed by atoms with Crippen LogP contribution in [0.2, 0.25) is 5.02 Å². The van der Waals surface area contributed by atoms with Crippen molar-refractivity contribution in [2.75, 3.05) is 0 Å². The van der Waals surface area contributed by atoms with Gasteiger partial charge in [0.1, 0.15) is 0 Å². The molecule has 76 valence electrons. The molecule has 0 amide bonds. The fourth-order valence-electron chi connectivity index (χ4n) is 1.16. The zero-order chi connectivity index (χ0) is 10.9. The lowest BCUT2D eigenvalue weighted by Crippen LogP contribution is -1.97. The fourth-order valence-corrected chi connectivity index (χ4v) is 1.35. The molecule has 0 N–H and O–H groups in total. The molecule has 1 rings (SSSR count). The molecule has 0 spiro atoms. The number of carbonyl (C=O) groups excluding carboxylic acids is 1. The van der Waals surface area contributed by atoms with Gasteiger partial charge in [-0.1, -0.05) is 11.6 Å². The second kappa shape index (κ2) is 4.05. The minimum atomic E-state index is -2.65. The van der Waals surface area contributed by atoms with Crippen LogP contribution in [0.1, 0.15) is 34.8 Å². The molecule has 0 aromatic heterocycles. The van der Waals surface area contributed by atoms with Crippen LogP contribution in [0.15, 0.2) is 12.1 Å². The number of rotatable bonds is 2. The van der Waals surface area contributed by atoms with E-state index in [1.165, 1.54) is 13.0 Å². The Morgan fingerprint density at radius 3 is 2.43 bits per heavy atom. The molecule has 0 saturated carbocycles. The molecule has 0 unspecified atom stereocenters. The third-order valence-corrected chi connectivity index (χ3v) is 2.44. The molecular weight excluding hydrogens is 210 g/mol. The van der Waals surface area contributed by atoms with Crippen LogP contribution in [0.25, 0.3) is 0 Å². The maximum absolute atomic E-state index is 12.5. The van der Waals surface area contributed by atoms with E-state index in [1.807, 2.05) is 0 Å². The minimum absolute atomic E-state index is 0.0324. The van der Waals surface area contributed by atoms with Gasteiger partial charge < -0.3 is 0 Å². The molecule has 0 heterocycles. The van der Waals surface area contributed by atoms with E-state index >= 15 is 0 Å². The van der Waals surface area contributed by atoms with Gasteiger partial charge in [0.15, 0.2) is 5.78 Å². The average Bonchev–Trinajstić information content (AvgIpc) is 2.08. The highest BCUT2D eigenvalue weighted by Gasteiger charge is 2.16. The number of hydrogen-bond donors (Lipinski definition) is 0. The SMILES string of the molecule is CC(=O)c1cc(C)c(Cl)c(C(F)F)c1. The van der Waals surface area contributed by atoms with Gasteiger partial charge in [-0.2, -0.15) is 0 Å². The normalized spacial score (nSPS) is 10.7. The molecule has 0 radical (unpaired) electrons. The second-order valence-corrected chi connectivity index (χ2v) is 3.43. The molecule has 1 aromatic carbocycles. The molecule has 1 nitrogen and oxygen atoms in total. The minimum Gasteiger partial charge on any atom is -0.295 e. The summed E-state index contributed by atoms with van der Waals surface area (Å²) < 4.78 is 24.9. The van der Waals surface area contributed by atoms with Gasteiger partial charge in [-0.15, -0.1) is 0 Å². The van der Waals surface area contributed by atoms with Crippen LogP contribution in [0.3, 0.4) is 0 Å². The van der Waals surface area contributed by atoms with Crippen molar-refractivity contribution >= 4 is 17.4 Å². The van der Waals surface area contributed by atoms with Gasteiger partial charge in [0.2, 0.25) is 0 Å². The maximum atomic E-state index is 12.5. The van der Waals surface area contributed by atoms with Gasteiger partial charge in [-0.05, 0) is 31.5 Å². The van der Waals surface area contributed by atoms with E-state index in [2.05, 4.69) is 0 Å². The third kappa shape index (κ3) is 2.10. The molecule has 0 saturated heterocycles. The summed E-state index contributed by atoms with van der Waals surface area (Å²) >= 11 is 5.67. The predicted molar refractivity (Wildman–Crippen MR) is 51.2 cm³/mol. The number of ketones is 1. The first-order valence-electron chi connectivity index (χ1n) is 4.02. The fraction of sp³-hybridized carbons (Fsp3) is 0.300. The van der Waals surface area contributed by atoms with E-state index in [9.17, 15) is 13.6 Å². The number of halogens is 3. The number of carbonyl (C=O) groups is 1. The molecule has 0 atom stereocenters. The molecule has 1 aromatic rings. The van der Waals surface area contributed by atoms with Crippen molar-refractivity contribution in [1.82, 2.24) is 0 Å². The number of alkyl halides is 2. The average molecular weight is 219 g/mol. The first-order valence-corrected chi connectivity index (χ1v) is 4.40. The summed E-state index contributed by atoms with van der Waals surface area (Å²) in [6.45, 7) is 2.93. The molecule has 0 aliphatic heterocycles. The Kier molecular flexibility index (Phi) is 3.21. The maximum Gasteiger partial charge on any atom is 0.265 e. The summed E-state index contributed by atoms with van der Waals surface area (Å²) in [4.78, 5) is 11.0. The summed E-state index contributed by atoms with van der Waals surface area (Å²) in [6, 6.07) is 2.65. The molecule has 14 heavy (non-hydrogen) atoms. The van der Waals surface area contributed by atoms with Gasteiger partial charge in [0, 0.05) is 11.1 Å². The monoisotopic (exact) mass is 218 g/mol. The smallest absolute Gasteiger partial charge is 0.265 e. The summed E-state index contributed by atoms with van der Waals surface area (Å²) in [5.41, 5.74) is 0.480. The quantitative estimate of drug-likeness (QED) is 0.691. The Balaban J connectivity index is 3.35. The Morgan fingerprint density at radius 2 is 2.00 bits per heavy atom. The van der Waals surface area contributed by atoms with Gasteiger partial charge in [0.25, 0.3) is 6.43 Å². The molecule has 0 aliphatic rings. The Hall–Kier alpha value is -0.960. The van der Waals surface area contributed by atoms with Crippen molar-refractivity contribution in [1.29, 1.82) is 0 Å². The van der Waals surface area contributed by atoms with Gasteiger partial charge >= 0.3 is 0 Å². The van der Waals surface area contributed by atoms with E-state index in [1.54, 1.807) is 6.92 Å². The van der Waals surface area contributed by atoms with Gasteiger partial charge in [0.05, 0.1) is 5.02 Å². The summed E-state index contributed by atoms with van der Waals surface area (Å²) in [5.74, 6) is -0.244. The number of benzene rings is 1. The highest BCUT2D eigenvalue weighted by atomic mass is 35.5. The van der Waals surface area contributed by atoms with Crippen LogP contribution in [-0.2, 0) is 0 Å². The van der Waals surface area contributed by atoms with E-state index in [0.717, 1.165) is 6.07 Å². The Morgan fingerprint density at radius 1 is 1.43 bits per heavy atom. The number of hydrogen-bond acceptors (Lipinski definition) is 1. The first-order chi connectivity index (χ1) is 6.43. The van der Waals surface area contributed by atoms with Gasteiger partial charge in [-0.25, -0.2) is 8.78 Å². The number of aryl methyl sites for hydroxylation is 1. The highest BCUT2D eigenvalue weighted by molar-refractivity contribution is 6.32. The van der Waals surface area contributed by atoms with Crippen molar-refractivity contribution in [3.63, 3.8) is 0 Å². The van der Waals surface area contributed by atoms with E-state index in [0.29, 0.717) is 5.56 Å². The Bertz CT molecular complexity index is 375. The van der Waals surface area contributed by atoms with E-state index < -0.39 is 6.43 Å². The van der Waals surface area contributed by atoms with Crippen LogP contribution in [-0.4, -0.2) is 5.78 Å². The first kappa shape index (κ1) is 11.1. The van der Waals surface area contributed by atoms with Crippen LogP contribution in [0.5, 0.6) is 0 Å². The van der Waals surface area contributed by atoms with Crippen LogP contribution in [0, 0.1) is 6.92 Å². The standard InChI is InChI=1S/C10H9ClF2O/c1-5-3-7(6(2)14)4-8(9(5)11)10(12)13/h3-4,10H,1-2H3. The van der Waals surface area contributed by atoms with E-state index in [4.69, 9.17) is 11.6 Å². The second-order valence-electron chi connectivity index (χ2n) is 3.05. The van der Waals surface area contributed by atoms with Crippen LogP contribution in [0.4, 0.5) is 8.78 Å². The lowest BCUT2D eigenvalue weighted by molar-refractivity contribution is 0.101. The predicted octanol–water partition coefficient (Wildman–Crippen LogP) is 3.79. The van der Waals surface area contributed by atoms with Crippen molar-refractivity contribution < 1.29 is 13.6 Å². The highest BCUT2D eigenvalue weighted by Crippen LogP contribution is 2.30. The number of Topliss-reactive ketones (excluding diaryl/α,β-unsaturated/α-hetero) is 1. The topological polar surface area (TPSA) is 17.1 Å². The summed E-state index contributed by atoms with van der Waals surface area (Å²) in [6.07, 6.45) is -2.65. The molecule has 4 heteroatoms. The Labute approximate surface area is 85.7 Å². The van der Waals surface area contributed by atoms with Crippen molar-refractivity contribution in [3.05, 3.63) is 33.8 Å². The summed E-state index contributed by atoms with van der Waals surface area (Å²) in [7, 11) is 0. The lowest BCUT2D eigenvalue weighted by atomic mass is 10.0. The zero-order valence-electron chi connectivity index (χ0n) is 7.77. The third-order valence-electron chi connectivity index (χ3n) is 1.92. The van der Waals surface area contributed by atoms with E-state index in [-0.39, 0.29) is 21.9 Å². The molecule has 0 bridgehead atoms. The molecular formula is C10H9ClF2O. The van der Waals surface area contributed by atoms with Crippen LogP contribution >= 0.6 is 11.6 Å². The van der Waals surface area contributed by atoms with Gasteiger partial charge in [-0.3, -0.25) is 4.79 Å². The largest absolute Gasteiger partial charge is 0.295 e. The zero-order valence-corrected chi connectivity index (χ0v) is 8.53. The van der Waals surface area contributed by atoms with Crippen molar-refractivity contribution in [3.8, 4) is 0 Å². The lowest BCUT2D eigenvalue weighted by Gasteiger charge is -2.08. The van der Waals surface area contributed by atoms with Crippen LogP contribution < -0.4 is 0 Å². The molecule has 0 aliphatic carbocycles.